The minimum atomic E-state index is -1.08. The number of nitrogens with zero attached hydrogens (tertiary/aromatic N) is 1. The summed E-state index contributed by atoms with van der Waals surface area (Å²) in [4.78, 5) is 26.8. The van der Waals surface area contributed by atoms with Gasteiger partial charge in [0.1, 0.15) is 29.4 Å². The molecule has 0 bridgehead atoms. The number of unbranched alkanes of at least 4 members (excludes halogenated alkanes) is 4. The fourth-order valence-corrected chi connectivity index (χ4v) is 5.97. The molecular formula is C37H44N2O7. The smallest absolute Gasteiger partial charge is 0.330 e. The monoisotopic (exact) mass is 628 g/mol. The normalized spacial score (nSPS) is 19.1. The maximum Gasteiger partial charge on any atom is 0.330 e. The lowest BCUT2D eigenvalue weighted by atomic mass is 9.80. The fourth-order valence-electron chi connectivity index (χ4n) is 5.97. The van der Waals surface area contributed by atoms with Crippen LogP contribution in [0, 0.1) is 6.92 Å². The van der Waals surface area contributed by atoms with E-state index in [0.717, 1.165) is 35.3 Å². The van der Waals surface area contributed by atoms with Gasteiger partial charge in [-0.2, -0.15) is 0 Å². The lowest BCUT2D eigenvalue weighted by Crippen LogP contribution is -2.38. The number of aromatic nitrogens is 2. The summed E-state index contributed by atoms with van der Waals surface area (Å²) in [5.74, 6) is 1.50. The van der Waals surface area contributed by atoms with Crippen molar-refractivity contribution in [2.24, 2.45) is 0 Å². The molecule has 9 heteroatoms. The molecule has 1 aliphatic heterocycles. The Morgan fingerprint density at radius 2 is 1.52 bits per heavy atom. The zero-order valence-corrected chi connectivity index (χ0v) is 26.8. The summed E-state index contributed by atoms with van der Waals surface area (Å²) in [6.07, 6.45) is 5.09. The summed E-state index contributed by atoms with van der Waals surface area (Å²) in [5, 5.41) is 11.1. The predicted octanol–water partition coefficient (Wildman–Crippen LogP) is 5.86. The van der Waals surface area contributed by atoms with Crippen molar-refractivity contribution in [2.45, 2.75) is 76.4 Å². The summed E-state index contributed by atoms with van der Waals surface area (Å²) in [7, 11) is 1.63. The van der Waals surface area contributed by atoms with Crippen LogP contribution in [0.25, 0.3) is 0 Å². The predicted molar refractivity (Wildman–Crippen MR) is 177 cm³/mol. The molecule has 4 atom stereocenters. The molecule has 1 fully saturated rings. The molecule has 4 aromatic rings. The van der Waals surface area contributed by atoms with Crippen molar-refractivity contribution in [3.63, 3.8) is 0 Å². The van der Waals surface area contributed by atoms with Crippen LogP contribution >= 0.6 is 0 Å². The summed E-state index contributed by atoms with van der Waals surface area (Å²) in [5.41, 5.74) is 0.880. The molecule has 1 unspecified atom stereocenters. The van der Waals surface area contributed by atoms with Crippen molar-refractivity contribution in [2.75, 3.05) is 20.3 Å². The quantitative estimate of drug-likeness (QED) is 0.125. The van der Waals surface area contributed by atoms with Crippen LogP contribution in [0.3, 0.4) is 0 Å². The van der Waals surface area contributed by atoms with Gasteiger partial charge in [0, 0.05) is 18.2 Å². The minimum Gasteiger partial charge on any atom is -0.497 e. The van der Waals surface area contributed by atoms with Crippen molar-refractivity contribution in [1.82, 2.24) is 9.55 Å². The van der Waals surface area contributed by atoms with Crippen LogP contribution in [0.5, 0.6) is 11.5 Å². The van der Waals surface area contributed by atoms with E-state index in [0.29, 0.717) is 17.9 Å². The van der Waals surface area contributed by atoms with Gasteiger partial charge in [-0.3, -0.25) is 14.3 Å². The van der Waals surface area contributed by atoms with E-state index in [9.17, 15) is 14.7 Å². The molecule has 3 aromatic carbocycles. The van der Waals surface area contributed by atoms with E-state index in [4.69, 9.17) is 18.9 Å². The Balaban J connectivity index is 1.45. The van der Waals surface area contributed by atoms with Gasteiger partial charge >= 0.3 is 5.69 Å². The molecule has 2 heterocycles. The van der Waals surface area contributed by atoms with Gasteiger partial charge in [0.05, 0.1) is 26.4 Å². The molecule has 5 rings (SSSR count). The zero-order valence-electron chi connectivity index (χ0n) is 26.8. The lowest BCUT2D eigenvalue weighted by Gasteiger charge is -2.37. The Morgan fingerprint density at radius 3 is 2.17 bits per heavy atom. The molecule has 1 saturated heterocycles. The maximum absolute atomic E-state index is 12.6. The Labute approximate surface area is 269 Å². The highest BCUT2D eigenvalue weighted by atomic mass is 16.6. The highest BCUT2D eigenvalue weighted by Crippen LogP contribution is 2.42. The Hall–Kier alpha value is -4.18. The molecule has 1 aromatic heterocycles. The van der Waals surface area contributed by atoms with Crippen molar-refractivity contribution < 1.29 is 24.1 Å². The number of ether oxygens (including phenoxy) is 4. The number of hydrogen-bond donors (Lipinski definition) is 2. The van der Waals surface area contributed by atoms with Crippen LogP contribution in [0.2, 0.25) is 0 Å². The number of rotatable bonds is 15. The first kappa shape index (κ1) is 33.2. The van der Waals surface area contributed by atoms with Gasteiger partial charge in [-0.15, -0.1) is 0 Å². The molecular weight excluding hydrogens is 584 g/mol. The second kappa shape index (κ2) is 15.4. The molecule has 0 spiro atoms. The van der Waals surface area contributed by atoms with Crippen molar-refractivity contribution in [1.29, 1.82) is 0 Å². The van der Waals surface area contributed by atoms with Gasteiger partial charge in [0.25, 0.3) is 5.56 Å². The number of methoxy groups -OCH3 is 1. The van der Waals surface area contributed by atoms with Crippen LogP contribution in [0.1, 0.15) is 73.9 Å². The highest BCUT2D eigenvalue weighted by Gasteiger charge is 2.42. The van der Waals surface area contributed by atoms with Crippen LogP contribution in [-0.2, 0) is 15.1 Å². The van der Waals surface area contributed by atoms with Gasteiger partial charge in [-0.25, -0.2) is 4.79 Å². The van der Waals surface area contributed by atoms with Crippen LogP contribution in [0.4, 0.5) is 0 Å². The van der Waals surface area contributed by atoms with E-state index in [1.54, 1.807) is 14.0 Å². The third-order valence-corrected chi connectivity index (χ3v) is 8.58. The summed E-state index contributed by atoms with van der Waals surface area (Å²) >= 11 is 0. The Kier molecular flexibility index (Phi) is 11.1. The number of aromatic amines is 1. The van der Waals surface area contributed by atoms with Gasteiger partial charge in [0.2, 0.25) is 0 Å². The molecule has 0 saturated carbocycles. The number of benzene rings is 3. The van der Waals surface area contributed by atoms with Crippen LogP contribution in [-0.4, -0.2) is 47.2 Å². The average Bonchev–Trinajstić information content (AvgIpc) is 3.45. The zero-order chi connectivity index (χ0) is 32.5. The van der Waals surface area contributed by atoms with E-state index in [2.05, 4.69) is 11.9 Å². The molecule has 2 N–H and O–H groups in total. The van der Waals surface area contributed by atoms with Gasteiger partial charge in [-0.05, 0) is 54.3 Å². The van der Waals surface area contributed by atoms with Crippen LogP contribution in [0.15, 0.2) is 94.6 Å². The van der Waals surface area contributed by atoms with Crippen molar-refractivity contribution in [3.05, 3.63) is 128 Å². The molecule has 9 nitrogen and oxygen atoms in total. The standard InChI is InChI=1S/C37H44N2O7/c1-4-5-6-7-11-22-44-31-20-16-29(17-21-31)37(27-12-9-8-10-13-27,28-14-18-30(43-3)19-15-28)45-25-33-32(40)23-34(46-33)39-24-26(2)35(41)38-36(39)42/h8-10,12-21,24,32-34,40H,4-7,11,22-23,25H2,1-3H3,(H,38,41,42)/t32-,33+,34+,37?/m0/s1. The Bertz CT molecular complexity index is 1650. The third kappa shape index (κ3) is 7.44. The number of aliphatic hydroxyl groups excluding tert-OH is 1. The summed E-state index contributed by atoms with van der Waals surface area (Å²) < 4.78 is 26.0. The number of hydrogen-bond acceptors (Lipinski definition) is 7. The first-order valence-corrected chi connectivity index (χ1v) is 16.1. The topological polar surface area (TPSA) is 112 Å². The first-order valence-electron chi connectivity index (χ1n) is 16.1. The van der Waals surface area contributed by atoms with Gasteiger partial charge < -0.3 is 24.1 Å². The first-order chi connectivity index (χ1) is 22.3. The Morgan fingerprint density at radius 1 is 0.891 bits per heavy atom. The maximum atomic E-state index is 12.6. The number of aryl methyl sites for hydroxylation is 1. The summed E-state index contributed by atoms with van der Waals surface area (Å²) in [6.45, 7) is 4.51. The number of H-pyrrole nitrogens is 1. The highest BCUT2D eigenvalue weighted by molar-refractivity contribution is 5.49. The second-order valence-corrected chi connectivity index (χ2v) is 11.8. The molecule has 1 aliphatic rings. The van der Waals surface area contributed by atoms with Crippen molar-refractivity contribution >= 4 is 0 Å². The van der Waals surface area contributed by atoms with E-state index in [-0.39, 0.29) is 13.0 Å². The van der Waals surface area contributed by atoms with Gasteiger partial charge in [-0.1, -0.05) is 87.2 Å². The van der Waals surface area contributed by atoms with Crippen LogP contribution < -0.4 is 20.7 Å². The second-order valence-electron chi connectivity index (χ2n) is 11.8. The van der Waals surface area contributed by atoms with Gasteiger partial charge in [0.15, 0.2) is 0 Å². The van der Waals surface area contributed by atoms with E-state index in [1.807, 2.05) is 78.9 Å². The number of aliphatic hydroxyl groups is 1. The lowest BCUT2D eigenvalue weighted by molar-refractivity contribution is -0.0944. The largest absolute Gasteiger partial charge is 0.497 e. The molecule has 0 aliphatic carbocycles. The van der Waals surface area contributed by atoms with E-state index >= 15 is 0 Å². The molecule has 46 heavy (non-hydrogen) atoms. The molecule has 0 amide bonds. The average molecular weight is 629 g/mol. The number of nitrogens with one attached hydrogen (secondary N) is 1. The third-order valence-electron chi connectivity index (χ3n) is 8.58. The molecule has 244 valence electrons. The summed E-state index contributed by atoms with van der Waals surface area (Å²) in [6, 6.07) is 25.6. The van der Waals surface area contributed by atoms with E-state index < -0.39 is 35.3 Å². The molecule has 0 radical (unpaired) electrons. The van der Waals surface area contributed by atoms with Crippen molar-refractivity contribution in [3.8, 4) is 11.5 Å². The van der Waals surface area contributed by atoms with E-state index in [1.165, 1.54) is 30.0 Å². The minimum absolute atomic E-state index is 0.0195. The fraction of sp³-hybridized carbons (Fsp3) is 0.405. The SMILES string of the molecule is CCCCCCCOc1ccc(C(OC[C@H]2O[C@@H](n3cc(C)c(=O)[nH]c3=O)C[C@@H]2O)(c2ccccc2)c2ccc(OC)cc2)cc1.